The van der Waals surface area contributed by atoms with Crippen molar-refractivity contribution in [3.63, 3.8) is 0 Å². The van der Waals surface area contributed by atoms with E-state index in [1.807, 2.05) is 49.4 Å². The summed E-state index contributed by atoms with van der Waals surface area (Å²) in [4.78, 5) is 19.9. The number of pyridine rings is 2. The van der Waals surface area contributed by atoms with Gasteiger partial charge in [-0.05, 0) is 48.9 Å². The Kier molecular flexibility index (Phi) is 3.98. The maximum absolute atomic E-state index is 12.5. The van der Waals surface area contributed by atoms with Gasteiger partial charge in [0, 0.05) is 21.4 Å². The molecular formula is C19H13BrClN3O. The summed E-state index contributed by atoms with van der Waals surface area (Å²) in [6, 6.07) is 13.3. The fourth-order valence-electron chi connectivity index (χ4n) is 2.89. The molecule has 4 nitrogen and oxygen atoms in total. The molecule has 0 spiro atoms. The molecule has 6 heteroatoms. The van der Waals surface area contributed by atoms with Gasteiger partial charge >= 0.3 is 0 Å². The van der Waals surface area contributed by atoms with Crippen molar-refractivity contribution in [2.75, 3.05) is 5.32 Å². The van der Waals surface area contributed by atoms with Crippen LogP contribution in [-0.2, 0) is 0 Å². The molecule has 0 aliphatic rings. The smallest absolute Gasteiger partial charge is 0.256 e. The van der Waals surface area contributed by atoms with E-state index in [0.717, 1.165) is 32.0 Å². The van der Waals surface area contributed by atoms with E-state index in [1.165, 1.54) is 0 Å². The summed E-state index contributed by atoms with van der Waals surface area (Å²) in [5.41, 5.74) is 2.42. The molecule has 0 bridgehead atoms. The highest BCUT2D eigenvalue weighted by Gasteiger charge is 2.13. The van der Waals surface area contributed by atoms with Crippen molar-refractivity contribution < 1.29 is 0 Å². The molecule has 0 saturated heterocycles. The number of nitrogens with zero attached hydrogens (tertiary/aromatic N) is 1. The fraction of sp³-hybridized carbons (Fsp3) is 0.0526. The maximum atomic E-state index is 12.5. The van der Waals surface area contributed by atoms with Gasteiger partial charge in [0.2, 0.25) is 0 Å². The predicted molar refractivity (Wildman–Crippen MR) is 107 cm³/mol. The number of aryl methyl sites for hydroxylation is 1. The fourth-order valence-corrected chi connectivity index (χ4v) is 3.41. The zero-order chi connectivity index (χ0) is 17.6. The highest BCUT2D eigenvalue weighted by atomic mass is 79.9. The monoisotopic (exact) mass is 413 g/mol. The van der Waals surface area contributed by atoms with Gasteiger partial charge in [0.15, 0.2) is 0 Å². The van der Waals surface area contributed by atoms with Crippen LogP contribution in [0.25, 0.3) is 21.7 Å². The van der Waals surface area contributed by atoms with Crippen molar-refractivity contribution in [3.8, 4) is 0 Å². The molecule has 0 fully saturated rings. The van der Waals surface area contributed by atoms with E-state index in [2.05, 4.69) is 26.2 Å². The number of rotatable bonds is 2. The van der Waals surface area contributed by atoms with Gasteiger partial charge in [-0.3, -0.25) is 4.79 Å². The lowest BCUT2D eigenvalue weighted by atomic mass is 10.1. The van der Waals surface area contributed by atoms with E-state index in [-0.39, 0.29) is 5.56 Å². The third kappa shape index (κ3) is 2.90. The molecule has 4 rings (SSSR count). The minimum Gasteiger partial charge on any atom is -0.338 e. The average Bonchev–Trinajstić information content (AvgIpc) is 2.59. The SMILES string of the molecule is Cc1ccc(Cl)c(Nc2nc3ccc(Br)cc3c3c(=O)[nH]ccc23)c1. The zero-order valence-corrected chi connectivity index (χ0v) is 15.6. The summed E-state index contributed by atoms with van der Waals surface area (Å²) >= 11 is 9.76. The Morgan fingerprint density at radius 3 is 2.80 bits per heavy atom. The number of nitrogens with one attached hydrogen (secondary N) is 2. The summed E-state index contributed by atoms with van der Waals surface area (Å²) < 4.78 is 0.897. The van der Waals surface area contributed by atoms with Crippen LogP contribution >= 0.6 is 27.5 Å². The lowest BCUT2D eigenvalue weighted by Gasteiger charge is -2.13. The van der Waals surface area contributed by atoms with E-state index in [4.69, 9.17) is 16.6 Å². The largest absolute Gasteiger partial charge is 0.338 e. The maximum Gasteiger partial charge on any atom is 0.256 e. The van der Waals surface area contributed by atoms with Gasteiger partial charge in [-0.15, -0.1) is 0 Å². The molecule has 0 aliphatic heterocycles. The average molecular weight is 415 g/mol. The third-order valence-corrected chi connectivity index (χ3v) is 4.87. The second-order valence-corrected chi connectivity index (χ2v) is 7.15. The number of halogens is 2. The Bertz CT molecular complexity index is 1190. The molecule has 2 N–H and O–H groups in total. The Hall–Kier alpha value is -2.37. The molecule has 0 saturated carbocycles. The summed E-state index contributed by atoms with van der Waals surface area (Å²) in [5.74, 6) is 0.600. The van der Waals surface area contributed by atoms with Crippen molar-refractivity contribution in [2.45, 2.75) is 6.92 Å². The zero-order valence-electron chi connectivity index (χ0n) is 13.2. The van der Waals surface area contributed by atoms with Crippen LogP contribution in [0.4, 0.5) is 11.5 Å². The van der Waals surface area contributed by atoms with Crippen LogP contribution in [0.15, 0.2) is 57.9 Å². The number of H-pyrrole nitrogens is 1. The summed E-state index contributed by atoms with van der Waals surface area (Å²) in [6.45, 7) is 2.00. The van der Waals surface area contributed by atoms with Crippen molar-refractivity contribution in [1.82, 2.24) is 9.97 Å². The van der Waals surface area contributed by atoms with E-state index in [0.29, 0.717) is 16.2 Å². The number of anilines is 2. The van der Waals surface area contributed by atoms with Gasteiger partial charge in [0.05, 0.1) is 21.6 Å². The molecule has 2 heterocycles. The van der Waals surface area contributed by atoms with Gasteiger partial charge in [-0.1, -0.05) is 33.6 Å². The standard InChI is InChI=1S/C19H13BrClN3O/c1-10-2-4-14(21)16(8-10)24-18-12-6-7-22-19(25)17(12)13-9-11(20)3-5-15(13)23-18/h2-9H,1H3,(H,22,25)(H,23,24). The Labute approximate surface area is 157 Å². The van der Waals surface area contributed by atoms with E-state index in [9.17, 15) is 4.79 Å². The third-order valence-electron chi connectivity index (χ3n) is 4.05. The van der Waals surface area contributed by atoms with Crippen molar-refractivity contribution in [3.05, 3.63) is 74.1 Å². The molecule has 0 unspecified atom stereocenters. The first-order chi connectivity index (χ1) is 12.0. The number of aromatic amines is 1. The molecule has 25 heavy (non-hydrogen) atoms. The van der Waals surface area contributed by atoms with Gasteiger partial charge < -0.3 is 10.3 Å². The highest BCUT2D eigenvalue weighted by molar-refractivity contribution is 9.10. The first-order valence-corrected chi connectivity index (χ1v) is 8.84. The van der Waals surface area contributed by atoms with Crippen LogP contribution in [-0.4, -0.2) is 9.97 Å². The number of benzene rings is 2. The van der Waals surface area contributed by atoms with E-state index in [1.54, 1.807) is 6.20 Å². The Morgan fingerprint density at radius 2 is 1.96 bits per heavy atom. The summed E-state index contributed by atoms with van der Waals surface area (Å²) in [7, 11) is 0. The van der Waals surface area contributed by atoms with Gasteiger partial charge in [-0.2, -0.15) is 0 Å². The second-order valence-electron chi connectivity index (χ2n) is 5.83. The van der Waals surface area contributed by atoms with Crippen molar-refractivity contribution in [1.29, 1.82) is 0 Å². The summed E-state index contributed by atoms with van der Waals surface area (Å²) in [5, 5.41) is 6.02. The molecule has 0 atom stereocenters. The number of fused-ring (bicyclic) bond motifs is 3. The number of aromatic nitrogens is 2. The topological polar surface area (TPSA) is 57.8 Å². The first-order valence-electron chi connectivity index (χ1n) is 7.67. The Balaban J connectivity index is 2.03. The normalized spacial score (nSPS) is 11.2. The predicted octanol–water partition coefficient (Wildman–Crippen LogP) is 5.54. The first kappa shape index (κ1) is 16.1. The molecule has 2 aromatic carbocycles. The van der Waals surface area contributed by atoms with Gasteiger partial charge in [0.1, 0.15) is 5.82 Å². The van der Waals surface area contributed by atoms with Crippen LogP contribution in [0.3, 0.4) is 0 Å². The van der Waals surface area contributed by atoms with Crippen molar-refractivity contribution in [2.24, 2.45) is 0 Å². The van der Waals surface area contributed by atoms with Crippen LogP contribution in [0, 0.1) is 6.92 Å². The van der Waals surface area contributed by atoms with Crippen LogP contribution in [0.2, 0.25) is 5.02 Å². The summed E-state index contributed by atoms with van der Waals surface area (Å²) in [6.07, 6.45) is 1.62. The molecule has 0 aliphatic carbocycles. The molecule has 2 aromatic heterocycles. The van der Waals surface area contributed by atoms with Crippen LogP contribution < -0.4 is 10.9 Å². The number of hydrogen-bond donors (Lipinski definition) is 2. The van der Waals surface area contributed by atoms with E-state index < -0.39 is 0 Å². The highest BCUT2D eigenvalue weighted by Crippen LogP contribution is 2.32. The van der Waals surface area contributed by atoms with Gasteiger partial charge in [0.25, 0.3) is 5.56 Å². The van der Waals surface area contributed by atoms with Gasteiger partial charge in [-0.25, -0.2) is 4.98 Å². The van der Waals surface area contributed by atoms with Crippen LogP contribution in [0.5, 0.6) is 0 Å². The lowest BCUT2D eigenvalue weighted by Crippen LogP contribution is -2.07. The van der Waals surface area contributed by atoms with Crippen LogP contribution in [0.1, 0.15) is 5.56 Å². The Morgan fingerprint density at radius 1 is 1.12 bits per heavy atom. The quantitative estimate of drug-likeness (QED) is 0.423. The molecule has 0 amide bonds. The number of hydrogen-bond acceptors (Lipinski definition) is 3. The second kappa shape index (κ2) is 6.17. The van der Waals surface area contributed by atoms with E-state index >= 15 is 0 Å². The minimum absolute atomic E-state index is 0.151. The minimum atomic E-state index is -0.151. The van der Waals surface area contributed by atoms with Crippen molar-refractivity contribution >= 4 is 60.7 Å². The molecule has 0 radical (unpaired) electrons. The lowest BCUT2D eigenvalue weighted by molar-refractivity contribution is 1.27. The molecule has 4 aromatic rings. The molecule has 124 valence electrons. The molecular weight excluding hydrogens is 402 g/mol.